The third-order valence-corrected chi connectivity index (χ3v) is 6.04. The molecule has 0 aliphatic rings. The predicted octanol–water partition coefficient (Wildman–Crippen LogP) is 6.68. The molecule has 0 N–H and O–H groups in total. The van der Waals surface area contributed by atoms with E-state index in [1.807, 2.05) is 29.6 Å². The van der Waals surface area contributed by atoms with Gasteiger partial charge in [0.1, 0.15) is 6.67 Å². The molecule has 0 saturated heterocycles. The second-order valence-corrected chi connectivity index (χ2v) is 7.69. The van der Waals surface area contributed by atoms with Crippen LogP contribution in [-0.4, -0.2) is 17.0 Å². The van der Waals surface area contributed by atoms with Crippen molar-refractivity contribution in [1.82, 2.24) is 4.57 Å². The summed E-state index contributed by atoms with van der Waals surface area (Å²) in [6, 6.07) is 29.3. The summed E-state index contributed by atoms with van der Waals surface area (Å²) < 4.78 is 2.28. The maximum absolute atomic E-state index is 5.09. The van der Waals surface area contributed by atoms with Crippen molar-refractivity contribution in [2.45, 2.75) is 6.67 Å². The Balaban J connectivity index is 1.69. The lowest BCUT2D eigenvalue weighted by atomic mass is 10.1. The topological polar surface area (TPSA) is 29.6 Å². The zero-order valence-electron chi connectivity index (χ0n) is 15.8. The van der Waals surface area contributed by atoms with Crippen molar-refractivity contribution < 1.29 is 0 Å². The second-order valence-electron chi connectivity index (χ2n) is 6.77. The van der Waals surface area contributed by atoms with Crippen molar-refractivity contribution in [3.63, 3.8) is 0 Å². The average molecular weight is 394 g/mol. The minimum absolute atomic E-state index is 0.534. The molecule has 0 spiro atoms. The van der Waals surface area contributed by atoms with Gasteiger partial charge in [-0.05, 0) is 30.3 Å². The predicted molar refractivity (Wildman–Crippen MR) is 125 cm³/mol. The van der Waals surface area contributed by atoms with Crippen LogP contribution in [0.3, 0.4) is 0 Å². The van der Waals surface area contributed by atoms with Crippen LogP contribution in [0.4, 0.5) is 5.69 Å². The molecule has 0 fully saturated rings. The number of aromatic nitrogens is 1. The minimum Gasteiger partial charge on any atom is -0.320 e. The fourth-order valence-electron chi connectivity index (χ4n) is 3.79. The van der Waals surface area contributed by atoms with Gasteiger partial charge in [-0.1, -0.05) is 66.7 Å². The van der Waals surface area contributed by atoms with Crippen molar-refractivity contribution in [2.75, 3.05) is 0 Å². The number of para-hydroxylation sites is 2. The molecule has 0 saturated carbocycles. The van der Waals surface area contributed by atoms with E-state index >= 15 is 0 Å². The Bertz CT molecular complexity index is 1290. The molecule has 0 bridgehead atoms. The first-order chi connectivity index (χ1) is 14.4. The van der Waals surface area contributed by atoms with E-state index in [-0.39, 0.29) is 0 Å². The smallest absolute Gasteiger partial charge is 0.115 e. The average Bonchev–Trinajstić information content (AvgIpc) is 3.38. The minimum atomic E-state index is 0.534. The van der Waals surface area contributed by atoms with Crippen molar-refractivity contribution in [1.29, 1.82) is 0 Å². The van der Waals surface area contributed by atoms with E-state index < -0.39 is 0 Å². The zero-order chi connectivity index (χ0) is 19.6. The van der Waals surface area contributed by atoms with E-state index in [1.54, 1.807) is 11.3 Å². The van der Waals surface area contributed by atoms with Gasteiger partial charge in [0.2, 0.25) is 0 Å². The molecular weight excluding hydrogens is 374 g/mol. The monoisotopic (exact) mass is 393 g/mol. The number of rotatable bonds is 5. The van der Waals surface area contributed by atoms with Gasteiger partial charge in [-0.3, -0.25) is 9.98 Å². The number of benzene rings is 3. The molecule has 2 heterocycles. The summed E-state index contributed by atoms with van der Waals surface area (Å²) in [6.45, 7) is 4.26. The first-order valence-corrected chi connectivity index (χ1v) is 10.3. The van der Waals surface area contributed by atoms with Crippen LogP contribution < -0.4 is 0 Å². The molecule has 5 aromatic rings. The molecule has 0 unspecified atom stereocenters. The lowest BCUT2D eigenvalue weighted by molar-refractivity contribution is 0.793. The van der Waals surface area contributed by atoms with E-state index in [4.69, 9.17) is 4.99 Å². The third-order valence-electron chi connectivity index (χ3n) is 5.13. The lowest BCUT2D eigenvalue weighted by Crippen LogP contribution is -2.05. The van der Waals surface area contributed by atoms with Gasteiger partial charge >= 0.3 is 0 Å². The van der Waals surface area contributed by atoms with Crippen LogP contribution in [0, 0.1) is 0 Å². The SMILES string of the molecule is C=Nc1ccsc1/C(=N\Cn1c2ccccc2c2ccccc21)c1ccccc1. The maximum atomic E-state index is 5.09. The van der Waals surface area contributed by atoms with E-state index in [1.165, 1.54) is 21.8 Å². The molecular formula is C25H19N3S. The third kappa shape index (κ3) is 3.08. The lowest BCUT2D eigenvalue weighted by Gasteiger charge is -2.09. The molecule has 3 nitrogen and oxygen atoms in total. The van der Waals surface area contributed by atoms with E-state index in [0.29, 0.717) is 6.67 Å². The van der Waals surface area contributed by atoms with Crippen molar-refractivity contribution in [2.24, 2.45) is 9.98 Å². The number of hydrogen-bond acceptors (Lipinski definition) is 3. The number of hydrogen-bond donors (Lipinski definition) is 0. The summed E-state index contributed by atoms with van der Waals surface area (Å²) in [5, 5.41) is 4.55. The maximum Gasteiger partial charge on any atom is 0.115 e. The number of thiophene rings is 1. The normalized spacial score (nSPS) is 11.9. The first kappa shape index (κ1) is 17.6. The molecule has 5 rings (SSSR count). The molecule has 4 heteroatoms. The quantitative estimate of drug-likeness (QED) is 0.298. The van der Waals surface area contributed by atoms with E-state index in [2.05, 4.69) is 76.9 Å². The van der Waals surface area contributed by atoms with Gasteiger partial charge in [0.05, 0.1) is 27.3 Å². The van der Waals surface area contributed by atoms with Crippen LogP contribution in [0.2, 0.25) is 0 Å². The number of nitrogens with zero attached hydrogens (tertiary/aromatic N) is 3. The summed E-state index contributed by atoms with van der Waals surface area (Å²) in [4.78, 5) is 10.3. The van der Waals surface area contributed by atoms with Crippen molar-refractivity contribution >= 4 is 51.3 Å². The highest BCUT2D eigenvalue weighted by Crippen LogP contribution is 2.31. The standard InChI is InChI=1S/C25H19N3S/c1-26-21-15-16-29-25(21)24(18-9-3-2-4-10-18)27-17-28-22-13-7-5-11-19(22)20-12-6-8-14-23(20)28/h2-16H,1,17H2/b27-24-. The molecule has 29 heavy (non-hydrogen) atoms. The first-order valence-electron chi connectivity index (χ1n) is 9.47. The second kappa shape index (κ2) is 7.49. The molecule has 0 aliphatic heterocycles. The van der Waals surface area contributed by atoms with Crippen molar-refractivity contribution in [3.8, 4) is 0 Å². The Labute approximate surface area is 173 Å². The van der Waals surface area contributed by atoms with Gasteiger partial charge in [0.25, 0.3) is 0 Å². The van der Waals surface area contributed by atoms with Gasteiger partial charge in [-0.15, -0.1) is 11.3 Å². The fourth-order valence-corrected chi connectivity index (χ4v) is 4.67. The summed E-state index contributed by atoms with van der Waals surface area (Å²) in [6.07, 6.45) is 0. The Morgan fingerprint density at radius 1 is 0.793 bits per heavy atom. The highest BCUT2D eigenvalue weighted by atomic mass is 32.1. The molecule has 2 aromatic heterocycles. The molecule has 140 valence electrons. The van der Waals surface area contributed by atoms with Gasteiger partial charge in [-0.25, -0.2) is 0 Å². The van der Waals surface area contributed by atoms with Gasteiger partial charge in [0.15, 0.2) is 0 Å². The summed E-state index contributed by atoms with van der Waals surface area (Å²) >= 11 is 1.65. The fraction of sp³-hybridized carbons (Fsp3) is 0.0400. The Morgan fingerprint density at radius 3 is 2.07 bits per heavy atom. The van der Waals surface area contributed by atoms with Crippen molar-refractivity contribution in [3.05, 3.63) is 101 Å². The zero-order valence-corrected chi connectivity index (χ0v) is 16.6. The van der Waals surface area contributed by atoms with E-state index in [9.17, 15) is 0 Å². The van der Waals surface area contributed by atoms with Gasteiger partial charge in [-0.2, -0.15) is 0 Å². The Kier molecular flexibility index (Phi) is 4.54. The van der Waals surface area contributed by atoms with Crippen LogP contribution in [0.5, 0.6) is 0 Å². The van der Waals surface area contributed by atoms with Crippen LogP contribution in [-0.2, 0) is 6.67 Å². The molecule has 0 aliphatic carbocycles. The highest BCUT2D eigenvalue weighted by Gasteiger charge is 2.14. The van der Waals surface area contributed by atoms with Crippen LogP contribution in [0.1, 0.15) is 10.4 Å². The highest BCUT2D eigenvalue weighted by molar-refractivity contribution is 7.13. The molecule has 0 amide bonds. The largest absolute Gasteiger partial charge is 0.320 e. The summed E-state index contributed by atoms with van der Waals surface area (Å²) in [5.41, 5.74) is 5.29. The Morgan fingerprint density at radius 2 is 1.41 bits per heavy atom. The van der Waals surface area contributed by atoms with Crippen LogP contribution in [0.15, 0.2) is 100 Å². The molecule has 0 atom stereocenters. The van der Waals surface area contributed by atoms with Gasteiger partial charge in [0, 0.05) is 16.3 Å². The Hall–Kier alpha value is -3.50. The van der Waals surface area contributed by atoms with Gasteiger partial charge < -0.3 is 4.57 Å². The molecule has 3 aromatic carbocycles. The number of aliphatic imine (C=N–C) groups is 2. The van der Waals surface area contributed by atoms with Crippen LogP contribution >= 0.6 is 11.3 Å². The summed E-state index contributed by atoms with van der Waals surface area (Å²) in [5.74, 6) is 0. The van der Waals surface area contributed by atoms with Crippen LogP contribution in [0.25, 0.3) is 21.8 Å². The summed E-state index contributed by atoms with van der Waals surface area (Å²) in [7, 11) is 0. The molecule has 0 radical (unpaired) electrons. The van der Waals surface area contributed by atoms with E-state index in [0.717, 1.165) is 21.8 Å². The number of fused-ring (bicyclic) bond motifs is 3.